The Balaban J connectivity index is 3.93. The topological polar surface area (TPSA) is 58.9 Å². The van der Waals surface area contributed by atoms with E-state index in [-0.39, 0.29) is 18.8 Å². The molecule has 146 valence electrons. The van der Waals surface area contributed by atoms with Crippen molar-refractivity contribution in [1.29, 1.82) is 0 Å². The average molecular weight is 347 g/mol. The maximum Gasteiger partial charge on any atom is 0.100 e. The third-order valence-corrected chi connectivity index (χ3v) is 5.03. The van der Waals surface area contributed by atoms with E-state index in [2.05, 4.69) is 20.8 Å². The smallest absolute Gasteiger partial charge is 0.100 e. The summed E-state index contributed by atoms with van der Waals surface area (Å²) in [5, 5.41) is 18.0. The Morgan fingerprint density at radius 2 is 1.50 bits per heavy atom. The van der Waals surface area contributed by atoms with Crippen molar-refractivity contribution in [1.82, 2.24) is 0 Å². The van der Waals surface area contributed by atoms with Gasteiger partial charge in [-0.05, 0) is 39.0 Å². The van der Waals surface area contributed by atoms with Gasteiger partial charge in [0.05, 0.1) is 18.8 Å². The van der Waals surface area contributed by atoms with Gasteiger partial charge in [0.2, 0.25) is 0 Å². The molecule has 0 aliphatic carbocycles. The van der Waals surface area contributed by atoms with Gasteiger partial charge in [-0.2, -0.15) is 0 Å². The van der Waals surface area contributed by atoms with Crippen LogP contribution in [0.2, 0.25) is 0 Å². The molecule has 24 heavy (non-hydrogen) atoms. The van der Waals surface area contributed by atoms with Gasteiger partial charge in [-0.3, -0.25) is 0 Å². The normalized spacial score (nSPS) is 14.8. The van der Waals surface area contributed by atoms with Gasteiger partial charge in [0.25, 0.3) is 0 Å². The third-order valence-electron chi connectivity index (χ3n) is 5.03. The summed E-state index contributed by atoms with van der Waals surface area (Å²) in [6, 6.07) is 0. The van der Waals surface area contributed by atoms with E-state index in [4.69, 9.17) is 14.6 Å². The van der Waals surface area contributed by atoms with Crippen molar-refractivity contribution in [2.45, 2.75) is 96.7 Å². The molecule has 0 heterocycles. The van der Waals surface area contributed by atoms with Crippen LogP contribution in [0.1, 0.15) is 85.0 Å². The van der Waals surface area contributed by atoms with Crippen molar-refractivity contribution in [3.63, 3.8) is 0 Å². The molecule has 4 nitrogen and oxygen atoms in total. The van der Waals surface area contributed by atoms with Crippen LogP contribution in [-0.4, -0.2) is 48.8 Å². The highest BCUT2D eigenvalue weighted by molar-refractivity contribution is 4.79. The summed E-state index contributed by atoms with van der Waals surface area (Å²) < 4.78 is 11.1. The molecule has 0 amide bonds. The van der Waals surface area contributed by atoms with Crippen LogP contribution in [0.3, 0.4) is 0 Å². The van der Waals surface area contributed by atoms with Crippen molar-refractivity contribution in [2.75, 3.05) is 26.9 Å². The van der Waals surface area contributed by atoms with Crippen molar-refractivity contribution in [2.24, 2.45) is 5.92 Å². The number of ether oxygens (including phenoxy) is 2. The zero-order valence-electron chi connectivity index (χ0n) is 16.6. The Bertz CT molecular complexity index is 268. The van der Waals surface area contributed by atoms with Gasteiger partial charge in [0, 0.05) is 13.7 Å². The van der Waals surface area contributed by atoms with Crippen molar-refractivity contribution < 1.29 is 19.7 Å². The summed E-state index contributed by atoms with van der Waals surface area (Å²) in [4.78, 5) is 0. The number of unbranched alkanes of at least 4 members (excludes halogenated alkanes) is 6. The van der Waals surface area contributed by atoms with Crippen LogP contribution in [0.4, 0.5) is 0 Å². The van der Waals surface area contributed by atoms with Crippen LogP contribution in [0.25, 0.3) is 0 Å². The lowest BCUT2D eigenvalue weighted by molar-refractivity contribution is -0.0363. The molecular formula is C20H42O4. The predicted octanol–water partition coefficient (Wildman–Crippen LogP) is 4.32. The summed E-state index contributed by atoms with van der Waals surface area (Å²) in [6.07, 6.45) is 11.7. The van der Waals surface area contributed by atoms with Crippen molar-refractivity contribution in [3.05, 3.63) is 0 Å². The summed E-state index contributed by atoms with van der Waals surface area (Å²) in [5.41, 5.74) is -0.0721. The molecule has 0 fully saturated rings. The molecule has 0 aliphatic rings. The van der Waals surface area contributed by atoms with Crippen LogP contribution in [0.5, 0.6) is 0 Å². The second-order valence-electron chi connectivity index (χ2n) is 7.47. The van der Waals surface area contributed by atoms with Gasteiger partial charge in [-0.15, -0.1) is 0 Å². The highest BCUT2D eigenvalue weighted by atomic mass is 16.5. The first-order chi connectivity index (χ1) is 11.5. The zero-order valence-corrected chi connectivity index (χ0v) is 16.6. The molecule has 0 radical (unpaired) electrons. The maximum atomic E-state index is 9.22. The molecule has 0 spiro atoms. The first kappa shape index (κ1) is 23.8. The molecule has 0 saturated heterocycles. The molecule has 2 N–H and O–H groups in total. The van der Waals surface area contributed by atoms with Crippen LogP contribution in [0, 0.1) is 5.92 Å². The van der Waals surface area contributed by atoms with E-state index in [1.165, 1.54) is 44.9 Å². The van der Waals surface area contributed by atoms with E-state index in [1.54, 1.807) is 0 Å². The number of hydrogen-bond donors (Lipinski definition) is 2. The third kappa shape index (κ3) is 12.2. The Morgan fingerprint density at radius 3 is 2.08 bits per heavy atom. The molecular weight excluding hydrogens is 304 g/mol. The standard InChI is InChI=1S/C20H42O4/c1-5-6-7-8-9-10-13-18(20(2,3)23-4)14-11-12-15-24-17-19(22)16-21/h18-19,21-22H,5-17H2,1-4H3. The second kappa shape index (κ2) is 15.1. The minimum absolute atomic E-state index is 0.0721. The van der Waals surface area contributed by atoms with Crippen LogP contribution >= 0.6 is 0 Å². The van der Waals surface area contributed by atoms with E-state index in [0.29, 0.717) is 12.5 Å². The molecule has 0 aromatic heterocycles. The minimum Gasteiger partial charge on any atom is -0.394 e. The van der Waals surface area contributed by atoms with Crippen LogP contribution < -0.4 is 0 Å². The SMILES string of the molecule is CCCCCCCCC(CCCCOCC(O)CO)C(C)(C)OC. The molecule has 2 unspecified atom stereocenters. The monoisotopic (exact) mass is 346 g/mol. The fraction of sp³-hybridized carbons (Fsp3) is 1.00. The summed E-state index contributed by atoms with van der Waals surface area (Å²) in [7, 11) is 1.81. The van der Waals surface area contributed by atoms with Gasteiger partial charge in [0.1, 0.15) is 6.10 Å². The molecule has 2 atom stereocenters. The lowest BCUT2D eigenvalue weighted by atomic mass is 9.82. The van der Waals surface area contributed by atoms with E-state index >= 15 is 0 Å². The largest absolute Gasteiger partial charge is 0.394 e. The maximum absolute atomic E-state index is 9.22. The predicted molar refractivity (Wildman–Crippen MR) is 100 cm³/mol. The molecule has 0 rings (SSSR count). The first-order valence-corrected chi connectivity index (χ1v) is 9.89. The van der Waals surface area contributed by atoms with Crippen LogP contribution in [-0.2, 0) is 9.47 Å². The summed E-state index contributed by atoms with van der Waals surface area (Å²) >= 11 is 0. The quantitative estimate of drug-likeness (QED) is 0.385. The first-order valence-electron chi connectivity index (χ1n) is 9.89. The molecule has 0 aromatic carbocycles. The lowest BCUT2D eigenvalue weighted by Gasteiger charge is -2.33. The number of aliphatic hydroxyl groups excluding tert-OH is 2. The Hall–Kier alpha value is -0.160. The molecule has 0 aromatic rings. The Labute approximate surface area is 149 Å². The second-order valence-corrected chi connectivity index (χ2v) is 7.47. The van der Waals surface area contributed by atoms with Gasteiger partial charge in [-0.1, -0.05) is 51.9 Å². The van der Waals surface area contributed by atoms with Crippen molar-refractivity contribution in [3.8, 4) is 0 Å². The molecule has 0 bridgehead atoms. The number of rotatable bonds is 17. The van der Waals surface area contributed by atoms with Gasteiger partial charge < -0.3 is 19.7 Å². The fourth-order valence-corrected chi connectivity index (χ4v) is 3.04. The van der Waals surface area contributed by atoms with Gasteiger partial charge in [0.15, 0.2) is 0 Å². The van der Waals surface area contributed by atoms with E-state index < -0.39 is 6.10 Å². The number of hydrogen-bond acceptors (Lipinski definition) is 4. The van der Waals surface area contributed by atoms with Crippen LogP contribution in [0.15, 0.2) is 0 Å². The Kier molecular flexibility index (Phi) is 15.0. The van der Waals surface area contributed by atoms with E-state index in [9.17, 15) is 5.11 Å². The molecule has 0 saturated carbocycles. The minimum atomic E-state index is -0.752. The summed E-state index contributed by atoms with van der Waals surface area (Å²) in [6.45, 7) is 7.29. The Morgan fingerprint density at radius 1 is 0.917 bits per heavy atom. The molecule has 4 heteroatoms. The average Bonchev–Trinajstić information content (AvgIpc) is 2.58. The molecule has 0 aliphatic heterocycles. The highest BCUT2D eigenvalue weighted by Gasteiger charge is 2.28. The zero-order chi connectivity index (χ0) is 18.3. The van der Waals surface area contributed by atoms with Gasteiger partial charge >= 0.3 is 0 Å². The number of aliphatic hydroxyl groups is 2. The lowest BCUT2D eigenvalue weighted by Crippen LogP contribution is -2.33. The summed E-state index contributed by atoms with van der Waals surface area (Å²) in [5.74, 6) is 0.580. The number of methoxy groups -OCH3 is 1. The van der Waals surface area contributed by atoms with E-state index in [1.807, 2.05) is 7.11 Å². The van der Waals surface area contributed by atoms with Crippen molar-refractivity contribution >= 4 is 0 Å². The fourth-order valence-electron chi connectivity index (χ4n) is 3.04. The van der Waals surface area contributed by atoms with Gasteiger partial charge in [-0.25, -0.2) is 0 Å². The highest BCUT2D eigenvalue weighted by Crippen LogP contribution is 2.30. The van der Waals surface area contributed by atoms with E-state index in [0.717, 1.165) is 19.3 Å².